The van der Waals surface area contributed by atoms with E-state index in [1.54, 1.807) is 18.2 Å². The van der Waals surface area contributed by atoms with Crippen LogP contribution in [0.15, 0.2) is 36.4 Å². The van der Waals surface area contributed by atoms with Gasteiger partial charge >= 0.3 is 0 Å². The first-order valence-corrected chi connectivity index (χ1v) is 6.71. The van der Waals surface area contributed by atoms with Crippen molar-refractivity contribution in [2.24, 2.45) is 0 Å². The first kappa shape index (κ1) is 14.3. The van der Waals surface area contributed by atoms with E-state index in [0.29, 0.717) is 17.1 Å². The topological polar surface area (TPSA) is 61.3 Å². The Morgan fingerprint density at radius 1 is 0.950 bits per heavy atom. The minimum absolute atomic E-state index is 0.0795. The molecule has 0 atom stereocenters. The summed E-state index contributed by atoms with van der Waals surface area (Å²) in [5.41, 5.74) is 15.4. The molecule has 0 saturated heterocycles. The average Bonchev–Trinajstić information content (AvgIpc) is 2.33. The zero-order chi connectivity index (χ0) is 14.9. The zero-order valence-electron chi connectivity index (χ0n) is 12.5. The third kappa shape index (κ3) is 3.05. The molecule has 0 radical (unpaired) electrons. The van der Waals surface area contributed by atoms with Gasteiger partial charge in [-0.05, 0) is 53.8 Å². The van der Waals surface area contributed by atoms with E-state index < -0.39 is 0 Å². The lowest BCUT2D eigenvalue weighted by atomic mass is 9.84. The highest BCUT2D eigenvalue weighted by Crippen LogP contribution is 2.33. The smallest absolute Gasteiger partial charge is 0.150 e. The van der Waals surface area contributed by atoms with E-state index in [1.807, 2.05) is 6.07 Å². The average molecular weight is 270 g/mol. The van der Waals surface area contributed by atoms with E-state index in [9.17, 15) is 0 Å². The monoisotopic (exact) mass is 270 g/mol. The van der Waals surface area contributed by atoms with Gasteiger partial charge in [0.1, 0.15) is 11.5 Å². The molecule has 0 heterocycles. The van der Waals surface area contributed by atoms with Crippen molar-refractivity contribution in [3.8, 4) is 11.5 Å². The molecule has 3 heteroatoms. The van der Waals surface area contributed by atoms with E-state index in [2.05, 4.69) is 39.8 Å². The van der Waals surface area contributed by atoms with Crippen LogP contribution in [0.1, 0.15) is 31.9 Å². The Morgan fingerprint density at radius 2 is 1.65 bits per heavy atom. The number of nitrogen functional groups attached to an aromatic ring is 2. The number of hydrogen-bond acceptors (Lipinski definition) is 3. The minimum Gasteiger partial charge on any atom is -0.455 e. The Kier molecular flexibility index (Phi) is 3.62. The highest BCUT2D eigenvalue weighted by molar-refractivity contribution is 5.61. The predicted molar refractivity (Wildman–Crippen MR) is 85.2 cm³/mol. The molecular weight excluding hydrogens is 248 g/mol. The number of hydrogen-bond donors (Lipinski definition) is 2. The molecule has 3 nitrogen and oxygen atoms in total. The molecular formula is C17H22N2O. The van der Waals surface area contributed by atoms with Crippen LogP contribution in [-0.2, 0) is 5.41 Å². The summed E-state index contributed by atoms with van der Waals surface area (Å²) in [6.45, 7) is 8.69. The Bertz CT molecular complexity index is 627. The second-order valence-corrected chi connectivity index (χ2v) is 6.13. The number of aryl methyl sites for hydroxylation is 1. The number of ether oxygens (including phenoxy) is 1. The summed E-state index contributed by atoms with van der Waals surface area (Å²) in [5, 5.41) is 0. The largest absolute Gasteiger partial charge is 0.455 e. The molecule has 0 spiro atoms. The van der Waals surface area contributed by atoms with Gasteiger partial charge in [0.15, 0.2) is 0 Å². The molecule has 0 amide bonds. The van der Waals surface area contributed by atoms with E-state index in [1.165, 1.54) is 11.1 Å². The van der Waals surface area contributed by atoms with Crippen molar-refractivity contribution in [2.45, 2.75) is 33.1 Å². The Labute approximate surface area is 120 Å². The van der Waals surface area contributed by atoms with Crippen LogP contribution < -0.4 is 16.2 Å². The first-order chi connectivity index (χ1) is 9.27. The maximum atomic E-state index is 5.92. The van der Waals surface area contributed by atoms with Crippen LogP contribution >= 0.6 is 0 Å². The van der Waals surface area contributed by atoms with Crippen molar-refractivity contribution in [3.05, 3.63) is 47.5 Å². The third-order valence-electron chi connectivity index (χ3n) is 3.28. The number of anilines is 2. The molecule has 0 unspecified atom stereocenters. The van der Waals surface area contributed by atoms with Gasteiger partial charge in [0, 0.05) is 5.69 Å². The SMILES string of the molecule is Cc1ccc(Oc2ccc(N)cc2N)cc1C(C)(C)C. The highest BCUT2D eigenvalue weighted by Gasteiger charge is 2.17. The van der Waals surface area contributed by atoms with Crippen molar-refractivity contribution in [1.29, 1.82) is 0 Å². The quantitative estimate of drug-likeness (QED) is 0.802. The Hall–Kier alpha value is -2.16. The van der Waals surface area contributed by atoms with Gasteiger partial charge in [-0.2, -0.15) is 0 Å². The fourth-order valence-corrected chi connectivity index (χ4v) is 2.26. The summed E-state index contributed by atoms with van der Waals surface area (Å²) in [4.78, 5) is 0. The minimum atomic E-state index is 0.0795. The maximum absolute atomic E-state index is 5.92. The molecule has 0 aliphatic rings. The second kappa shape index (κ2) is 5.08. The van der Waals surface area contributed by atoms with E-state index in [4.69, 9.17) is 16.2 Å². The molecule has 106 valence electrons. The van der Waals surface area contributed by atoms with Gasteiger partial charge in [-0.3, -0.25) is 0 Å². The molecule has 20 heavy (non-hydrogen) atoms. The van der Waals surface area contributed by atoms with Crippen LogP contribution in [0.4, 0.5) is 11.4 Å². The molecule has 0 aromatic heterocycles. The zero-order valence-corrected chi connectivity index (χ0v) is 12.5. The van der Waals surface area contributed by atoms with Gasteiger partial charge in [0.25, 0.3) is 0 Å². The van der Waals surface area contributed by atoms with Gasteiger partial charge in [-0.1, -0.05) is 26.8 Å². The van der Waals surface area contributed by atoms with Crippen molar-refractivity contribution in [2.75, 3.05) is 11.5 Å². The molecule has 2 rings (SSSR count). The van der Waals surface area contributed by atoms with E-state index in [0.717, 1.165) is 5.75 Å². The third-order valence-corrected chi connectivity index (χ3v) is 3.28. The van der Waals surface area contributed by atoms with E-state index >= 15 is 0 Å². The fourth-order valence-electron chi connectivity index (χ4n) is 2.26. The van der Waals surface area contributed by atoms with E-state index in [-0.39, 0.29) is 5.41 Å². The summed E-state index contributed by atoms with van der Waals surface area (Å²) in [7, 11) is 0. The molecule has 0 saturated carbocycles. The predicted octanol–water partition coefficient (Wildman–Crippen LogP) is 4.25. The number of rotatable bonds is 2. The lowest BCUT2D eigenvalue weighted by Gasteiger charge is -2.22. The standard InChI is InChI=1S/C17H22N2O/c1-11-5-7-13(10-14(11)17(2,3)4)20-16-8-6-12(18)9-15(16)19/h5-10H,18-19H2,1-4H3. The molecule has 2 aromatic rings. The maximum Gasteiger partial charge on any atom is 0.150 e. The van der Waals surface area contributed by atoms with Crippen molar-refractivity contribution in [3.63, 3.8) is 0 Å². The summed E-state index contributed by atoms with van der Waals surface area (Å²) in [6, 6.07) is 11.4. The van der Waals surface area contributed by atoms with Crippen LogP contribution in [0.2, 0.25) is 0 Å². The van der Waals surface area contributed by atoms with Crippen LogP contribution in [0, 0.1) is 6.92 Å². The summed E-state index contributed by atoms with van der Waals surface area (Å²) >= 11 is 0. The van der Waals surface area contributed by atoms with Crippen molar-refractivity contribution >= 4 is 11.4 Å². The summed E-state index contributed by atoms with van der Waals surface area (Å²) < 4.78 is 5.87. The number of benzene rings is 2. The molecule has 0 fully saturated rings. The fraction of sp³-hybridized carbons (Fsp3) is 0.294. The van der Waals surface area contributed by atoms with Crippen LogP contribution in [0.25, 0.3) is 0 Å². The molecule has 2 aromatic carbocycles. The Balaban J connectivity index is 2.35. The second-order valence-electron chi connectivity index (χ2n) is 6.13. The lowest BCUT2D eigenvalue weighted by Crippen LogP contribution is -2.13. The first-order valence-electron chi connectivity index (χ1n) is 6.71. The summed E-state index contributed by atoms with van der Waals surface area (Å²) in [6.07, 6.45) is 0. The van der Waals surface area contributed by atoms with Gasteiger partial charge < -0.3 is 16.2 Å². The van der Waals surface area contributed by atoms with Gasteiger partial charge in [0.05, 0.1) is 5.69 Å². The van der Waals surface area contributed by atoms with Gasteiger partial charge in [-0.15, -0.1) is 0 Å². The van der Waals surface area contributed by atoms with Crippen LogP contribution in [-0.4, -0.2) is 0 Å². The van der Waals surface area contributed by atoms with Crippen LogP contribution in [0.5, 0.6) is 11.5 Å². The van der Waals surface area contributed by atoms with Crippen molar-refractivity contribution in [1.82, 2.24) is 0 Å². The lowest BCUT2D eigenvalue weighted by molar-refractivity contribution is 0.480. The molecule has 0 aliphatic carbocycles. The normalized spacial score (nSPS) is 11.4. The van der Waals surface area contributed by atoms with Crippen LogP contribution in [0.3, 0.4) is 0 Å². The molecule has 0 aliphatic heterocycles. The highest BCUT2D eigenvalue weighted by atomic mass is 16.5. The van der Waals surface area contributed by atoms with Crippen molar-refractivity contribution < 1.29 is 4.74 Å². The Morgan fingerprint density at radius 3 is 2.25 bits per heavy atom. The molecule has 4 N–H and O–H groups in total. The number of nitrogens with two attached hydrogens (primary N) is 2. The van der Waals surface area contributed by atoms with Gasteiger partial charge in [0.2, 0.25) is 0 Å². The molecule has 0 bridgehead atoms. The summed E-state index contributed by atoms with van der Waals surface area (Å²) in [5.74, 6) is 1.42. The van der Waals surface area contributed by atoms with Gasteiger partial charge in [-0.25, -0.2) is 0 Å².